The van der Waals surface area contributed by atoms with Crippen LogP contribution in [0.15, 0.2) is 72.1 Å². The molecule has 31 heavy (non-hydrogen) atoms. The molecule has 2 atom stereocenters. The summed E-state index contributed by atoms with van der Waals surface area (Å²) in [6.07, 6.45) is 0. The van der Waals surface area contributed by atoms with Gasteiger partial charge in [0.15, 0.2) is 5.11 Å². The first-order valence-corrected chi connectivity index (χ1v) is 12.1. The summed E-state index contributed by atoms with van der Waals surface area (Å²) >= 11 is 7.48. The van der Waals surface area contributed by atoms with Crippen LogP contribution in [0.1, 0.15) is 23.4 Å². The average molecular weight is 451 g/mol. The van der Waals surface area contributed by atoms with Crippen LogP contribution in [0.2, 0.25) is 0 Å². The van der Waals surface area contributed by atoms with Crippen molar-refractivity contribution in [3.63, 3.8) is 0 Å². The highest BCUT2D eigenvalue weighted by Gasteiger charge is 2.30. The van der Waals surface area contributed by atoms with Gasteiger partial charge in [-0.25, -0.2) is 0 Å². The zero-order valence-corrected chi connectivity index (χ0v) is 19.8. The Bertz CT molecular complexity index is 966. The van der Waals surface area contributed by atoms with Crippen LogP contribution >= 0.6 is 23.6 Å². The number of nitrogens with one attached hydrogen (secondary N) is 2. The average Bonchev–Trinajstić information content (AvgIpc) is 3.31. The van der Waals surface area contributed by atoms with E-state index in [4.69, 9.17) is 12.2 Å². The molecular formula is C25H30N4S2. The minimum Gasteiger partial charge on any atom is -0.369 e. The molecule has 2 heterocycles. The Balaban J connectivity index is 1.42. The van der Waals surface area contributed by atoms with Crippen LogP contribution in [0, 0.1) is 6.92 Å². The Morgan fingerprint density at radius 1 is 0.935 bits per heavy atom. The molecule has 1 aliphatic heterocycles. The van der Waals surface area contributed by atoms with Crippen molar-refractivity contribution < 1.29 is 0 Å². The van der Waals surface area contributed by atoms with Gasteiger partial charge in [0, 0.05) is 48.5 Å². The number of thiophene rings is 1. The molecule has 0 radical (unpaired) electrons. The summed E-state index contributed by atoms with van der Waals surface area (Å²) in [5.41, 5.74) is 3.55. The number of piperazine rings is 1. The second-order valence-electron chi connectivity index (χ2n) is 8.02. The molecule has 0 unspecified atom stereocenters. The Morgan fingerprint density at radius 3 is 2.32 bits per heavy atom. The summed E-state index contributed by atoms with van der Waals surface area (Å²) in [5.74, 6) is 0. The predicted octanol–water partition coefficient (Wildman–Crippen LogP) is 5.29. The first-order chi connectivity index (χ1) is 15.1. The molecule has 0 bridgehead atoms. The second kappa shape index (κ2) is 10.3. The zero-order chi connectivity index (χ0) is 21.6. The van der Waals surface area contributed by atoms with Gasteiger partial charge in [0.05, 0.1) is 6.04 Å². The third kappa shape index (κ3) is 5.45. The van der Waals surface area contributed by atoms with Gasteiger partial charge in [0.25, 0.3) is 0 Å². The van der Waals surface area contributed by atoms with Crippen LogP contribution in [0.3, 0.4) is 0 Å². The highest BCUT2D eigenvalue weighted by atomic mass is 32.1. The molecule has 1 aliphatic rings. The van der Waals surface area contributed by atoms with Gasteiger partial charge in [-0.1, -0.05) is 42.5 Å². The lowest BCUT2D eigenvalue weighted by Gasteiger charge is -2.42. The SMILES string of the molecule is Cc1ccccc1NC(=S)N[C@H](C)[C@@H](c1cccs1)N1CCN(c2ccccc2)CC1. The number of rotatable bonds is 6. The lowest BCUT2D eigenvalue weighted by atomic mass is 10.0. The highest BCUT2D eigenvalue weighted by Crippen LogP contribution is 2.30. The fourth-order valence-electron chi connectivity index (χ4n) is 4.26. The Labute approximate surface area is 194 Å². The van der Waals surface area contributed by atoms with Crippen molar-refractivity contribution >= 4 is 40.0 Å². The van der Waals surface area contributed by atoms with E-state index in [1.165, 1.54) is 16.1 Å². The number of benzene rings is 2. The minimum absolute atomic E-state index is 0.186. The topological polar surface area (TPSA) is 30.5 Å². The van der Waals surface area contributed by atoms with Crippen LogP contribution < -0.4 is 15.5 Å². The first kappa shape index (κ1) is 21.8. The van der Waals surface area contributed by atoms with E-state index >= 15 is 0 Å². The van der Waals surface area contributed by atoms with Gasteiger partial charge < -0.3 is 15.5 Å². The van der Waals surface area contributed by atoms with Crippen LogP contribution in [0.4, 0.5) is 11.4 Å². The van der Waals surface area contributed by atoms with Crippen molar-refractivity contribution in [2.45, 2.75) is 25.9 Å². The smallest absolute Gasteiger partial charge is 0.171 e. The summed E-state index contributed by atoms with van der Waals surface area (Å²) in [7, 11) is 0. The number of thiocarbonyl (C=S) groups is 1. The molecule has 2 N–H and O–H groups in total. The van der Waals surface area contributed by atoms with E-state index in [0.29, 0.717) is 5.11 Å². The molecule has 0 amide bonds. The van der Waals surface area contributed by atoms with Crippen LogP contribution in [0.5, 0.6) is 0 Å². The largest absolute Gasteiger partial charge is 0.369 e. The molecule has 1 aromatic heterocycles. The van der Waals surface area contributed by atoms with Crippen molar-refractivity contribution in [2.75, 3.05) is 36.4 Å². The van der Waals surface area contributed by atoms with E-state index in [1.807, 2.05) is 23.5 Å². The van der Waals surface area contributed by atoms with Crippen LogP contribution in [-0.2, 0) is 0 Å². The quantitative estimate of drug-likeness (QED) is 0.498. The molecule has 0 aliphatic carbocycles. The summed E-state index contributed by atoms with van der Waals surface area (Å²) < 4.78 is 0. The molecule has 162 valence electrons. The highest BCUT2D eigenvalue weighted by molar-refractivity contribution is 7.80. The Hall–Kier alpha value is -2.41. The maximum Gasteiger partial charge on any atom is 0.171 e. The standard InChI is InChI=1S/C25H30N4S2/c1-19-9-6-7-12-22(19)27-25(30)26-20(2)24(23-13-8-18-31-23)29-16-14-28(15-17-29)21-10-4-3-5-11-21/h3-13,18,20,24H,14-17H2,1-2H3,(H2,26,27,30)/t20-,24+/m1/s1. The number of aryl methyl sites for hydroxylation is 1. The molecular weight excluding hydrogens is 420 g/mol. The molecule has 0 spiro atoms. The predicted molar refractivity (Wildman–Crippen MR) is 137 cm³/mol. The van der Waals surface area contributed by atoms with Gasteiger partial charge in [-0.05, 0) is 61.3 Å². The van der Waals surface area contributed by atoms with Crippen LogP contribution in [0.25, 0.3) is 0 Å². The molecule has 4 nitrogen and oxygen atoms in total. The summed E-state index contributed by atoms with van der Waals surface area (Å²) in [6, 6.07) is 23.8. The van der Waals surface area contributed by atoms with Gasteiger partial charge in [-0.2, -0.15) is 0 Å². The van der Waals surface area contributed by atoms with E-state index in [-0.39, 0.29) is 12.1 Å². The molecule has 3 aromatic rings. The van der Waals surface area contributed by atoms with E-state index in [9.17, 15) is 0 Å². The van der Waals surface area contributed by atoms with Gasteiger partial charge in [-0.15, -0.1) is 11.3 Å². The zero-order valence-electron chi connectivity index (χ0n) is 18.1. The number of hydrogen-bond acceptors (Lipinski definition) is 4. The van der Waals surface area contributed by atoms with E-state index in [1.54, 1.807) is 0 Å². The van der Waals surface area contributed by atoms with E-state index < -0.39 is 0 Å². The molecule has 1 saturated heterocycles. The molecule has 2 aromatic carbocycles. The summed E-state index contributed by atoms with van der Waals surface area (Å²) in [4.78, 5) is 6.45. The third-order valence-electron chi connectivity index (χ3n) is 5.89. The third-order valence-corrected chi connectivity index (χ3v) is 7.05. The fourth-order valence-corrected chi connectivity index (χ4v) is 5.52. The minimum atomic E-state index is 0.186. The molecule has 4 rings (SSSR count). The maximum atomic E-state index is 5.66. The van der Waals surface area contributed by atoms with Gasteiger partial charge in [0.1, 0.15) is 0 Å². The van der Waals surface area contributed by atoms with Gasteiger partial charge in [0.2, 0.25) is 0 Å². The summed E-state index contributed by atoms with van der Waals surface area (Å²) in [6.45, 7) is 8.45. The Morgan fingerprint density at radius 2 is 1.65 bits per heavy atom. The van der Waals surface area contributed by atoms with Crippen molar-refractivity contribution in [3.05, 3.63) is 82.6 Å². The number of hydrogen-bond donors (Lipinski definition) is 2. The fraction of sp³-hybridized carbons (Fsp3) is 0.320. The lowest BCUT2D eigenvalue weighted by Crippen LogP contribution is -2.52. The van der Waals surface area contributed by atoms with Crippen molar-refractivity contribution in [3.8, 4) is 0 Å². The monoisotopic (exact) mass is 450 g/mol. The van der Waals surface area contributed by atoms with Crippen LogP contribution in [-0.4, -0.2) is 42.2 Å². The number of nitrogens with zero attached hydrogens (tertiary/aromatic N) is 2. The molecule has 1 fully saturated rings. The maximum absolute atomic E-state index is 5.66. The summed E-state index contributed by atoms with van der Waals surface area (Å²) in [5, 5.41) is 9.76. The van der Waals surface area contributed by atoms with Gasteiger partial charge in [-0.3, -0.25) is 4.90 Å². The van der Waals surface area contributed by atoms with Crippen molar-refractivity contribution in [1.82, 2.24) is 10.2 Å². The van der Waals surface area contributed by atoms with Crippen molar-refractivity contribution in [1.29, 1.82) is 0 Å². The lowest BCUT2D eigenvalue weighted by molar-refractivity contribution is 0.163. The first-order valence-electron chi connectivity index (χ1n) is 10.8. The molecule has 0 saturated carbocycles. The van der Waals surface area contributed by atoms with E-state index in [0.717, 1.165) is 31.9 Å². The van der Waals surface area contributed by atoms with E-state index in [2.05, 4.69) is 94.3 Å². The normalized spacial score (nSPS) is 16.5. The molecule has 6 heteroatoms. The number of anilines is 2. The van der Waals surface area contributed by atoms with Crippen molar-refractivity contribution in [2.24, 2.45) is 0 Å². The number of para-hydroxylation sites is 2. The van der Waals surface area contributed by atoms with Gasteiger partial charge >= 0.3 is 0 Å². The second-order valence-corrected chi connectivity index (χ2v) is 9.41. The Kier molecular flexibility index (Phi) is 7.22.